The highest BCUT2D eigenvalue weighted by Gasteiger charge is 2.13. The Balaban J connectivity index is 1.63. The van der Waals surface area contributed by atoms with Gasteiger partial charge in [-0.1, -0.05) is 5.16 Å². The topological polar surface area (TPSA) is 99.6 Å². The van der Waals surface area contributed by atoms with Crippen LogP contribution in [-0.4, -0.2) is 25.8 Å². The van der Waals surface area contributed by atoms with Gasteiger partial charge in [-0.05, 0) is 36.4 Å². The fourth-order valence-electron chi connectivity index (χ4n) is 1.98. The van der Waals surface area contributed by atoms with Crippen LogP contribution < -0.4 is 0 Å². The van der Waals surface area contributed by atoms with E-state index >= 15 is 0 Å². The first-order valence-electron chi connectivity index (χ1n) is 6.90. The fourth-order valence-corrected chi connectivity index (χ4v) is 2.61. The number of hydrogen-bond acceptors (Lipinski definition) is 7. The molecule has 0 spiro atoms. The van der Waals surface area contributed by atoms with Crippen LogP contribution >= 0.6 is 0 Å². The van der Waals surface area contributed by atoms with Crippen LogP contribution in [0, 0.1) is 0 Å². The molecule has 0 N–H and O–H groups in total. The number of hydrogen-bond donors (Lipinski definition) is 0. The standard InChI is InChI=1S/C16H13NO6S/c1-24(19,20)13-6-4-11(5-7-13)16(18)22-10-12-9-15(23-17-12)14-3-2-8-21-14/h2-9H,10H2,1H3. The molecule has 0 fully saturated rings. The van der Waals surface area contributed by atoms with Gasteiger partial charge in [-0.15, -0.1) is 0 Å². The van der Waals surface area contributed by atoms with Crippen molar-refractivity contribution >= 4 is 15.8 Å². The van der Waals surface area contributed by atoms with Crippen LogP contribution in [0.25, 0.3) is 11.5 Å². The first-order chi connectivity index (χ1) is 11.4. The number of rotatable bonds is 5. The number of carbonyl (C=O) groups excluding carboxylic acids is 1. The normalized spacial score (nSPS) is 11.4. The van der Waals surface area contributed by atoms with E-state index in [2.05, 4.69) is 5.16 Å². The zero-order valence-electron chi connectivity index (χ0n) is 12.6. The van der Waals surface area contributed by atoms with E-state index in [-0.39, 0.29) is 17.1 Å². The molecule has 3 aromatic rings. The number of benzene rings is 1. The molecule has 8 heteroatoms. The van der Waals surface area contributed by atoms with Crippen molar-refractivity contribution < 1.29 is 26.9 Å². The summed E-state index contributed by atoms with van der Waals surface area (Å²) in [7, 11) is -3.30. The molecule has 0 aliphatic carbocycles. The van der Waals surface area contributed by atoms with Crippen LogP contribution in [0.5, 0.6) is 0 Å². The molecule has 24 heavy (non-hydrogen) atoms. The van der Waals surface area contributed by atoms with E-state index in [1.807, 2.05) is 0 Å². The van der Waals surface area contributed by atoms with Crippen molar-refractivity contribution in [3.05, 3.63) is 60.0 Å². The summed E-state index contributed by atoms with van der Waals surface area (Å²) in [5.41, 5.74) is 0.680. The Morgan fingerprint density at radius 1 is 1.17 bits per heavy atom. The van der Waals surface area contributed by atoms with Gasteiger partial charge in [-0.2, -0.15) is 0 Å². The molecule has 0 aliphatic rings. The lowest BCUT2D eigenvalue weighted by molar-refractivity contribution is 0.0464. The second-order valence-corrected chi connectivity index (χ2v) is 7.05. The SMILES string of the molecule is CS(=O)(=O)c1ccc(C(=O)OCc2cc(-c3ccco3)on2)cc1. The van der Waals surface area contributed by atoms with E-state index in [1.165, 1.54) is 30.5 Å². The van der Waals surface area contributed by atoms with E-state index in [0.717, 1.165) is 6.26 Å². The summed E-state index contributed by atoms with van der Waals surface area (Å²) in [5.74, 6) is 0.373. The van der Waals surface area contributed by atoms with Crippen LogP contribution in [0.1, 0.15) is 16.1 Å². The van der Waals surface area contributed by atoms with Crippen LogP contribution in [0.2, 0.25) is 0 Å². The highest BCUT2D eigenvalue weighted by Crippen LogP contribution is 2.21. The minimum Gasteiger partial charge on any atom is -0.461 e. The molecule has 0 saturated carbocycles. The number of aromatic nitrogens is 1. The molecule has 2 aromatic heterocycles. The molecule has 0 atom stereocenters. The number of furan rings is 1. The van der Waals surface area contributed by atoms with Gasteiger partial charge in [0.25, 0.3) is 0 Å². The number of nitrogens with zero attached hydrogens (tertiary/aromatic N) is 1. The van der Waals surface area contributed by atoms with Gasteiger partial charge < -0.3 is 13.7 Å². The maximum Gasteiger partial charge on any atom is 0.338 e. The van der Waals surface area contributed by atoms with Crippen molar-refractivity contribution in [1.82, 2.24) is 5.16 Å². The van der Waals surface area contributed by atoms with Crippen molar-refractivity contribution in [2.75, 3.05) is 6.26 Å². The monoisotopic (exact) mass is 347 g/mol. The molecule has 124 valence electrons. The third kappa shape index (κ3) is 3.54. The summed E-state index contributed by atoms with van der Waals surface area (Å²) in [6, 6.07) is 10.6. The smallest absolute Gasteiger partial charge is 0.338 e. The zero-order valence-corrected chi connectivity index (χ0v) is 13.4. The summed E-state index contributed by atoms with van der Waals surface area (Å²) in [6.07, 6.45) is 2.61. The predicted molar refractivity (Wildman–Crippen MR) is 82.9 cm³/mol. The Kier molecular flexibility index (Phi) is 4.22. The van der Waals surface area contributed by atoms with E-state index in [0.29, 0.717) is 17.2 Å². The maximum absolute atomic E-state index is 12.0. The summed E-state index contributed by atoms with van der Waals surface area (Å²) >= 11 is 0. The second-order valence-electron chi connectivity index (χ2n) is 5.03. The molecular formula is C16H13NO6S. The molecule has 0 aliphatic heterocycles. The number of esters is 1. The quantitative estimate of drug-likeness (QED) is 0.654. The minimum atomic E-state index is -3.30. The van der Waals surface area contributed by atoms with E-state index in [1.54, 1.807) is 18.2 Å². The van der Waals surface area contributed by atoms with Gasteiger partial charge in [-0.3, -0.25) is 0 Å². The molecule has 7 nitrogen and oxygen atoms in total. The zero-order chi connectivity index (χ0) is 17.2. The van der Waals surface area contributed by atoms with Crippen LogP contribution in [-0.2, 0) is 21.2 Å². The third-order valence-corrected chi connectivity index (χ3v) is 4.32. The van der Waals surface area contributed by atoms with Gasteiger partial charge in [0.15, 0.2) is 15.6 Å². The lowest BCUT2D eigenvalue weighted by atomic mass is 10.2. The fraction of sp³-hybridized carbons (Fsp3) is 0.125. The highest BCUT2D eigenvalue weighted by molar-refractivity contribution is 7.90. The molecule has 0 saturated heterocycles. The Labute approximate surface area is 137 Å². The van der Waals surface area contributed by atoms with Crippen molar-refractivity contribution in [2.24, 2.45) is 0 Å². The first kappa shape index (κ1) is 16.0. The number of carbonyl (C=O) groups is 1. The molecule has 3 rings (SSSR count). The summed E-state index contributed by atoms with van der Waals surface area (Å²) in [4.78, 5) is 12.1. The van der Waals surface area contributed by atoms with Crippen molar-refractivity contribution in [3.8, 4) is 11.5 Å². The van der Waals surface area contributed by atoms with Crippen molar-refractivity contribution in [1.29, 1.82) is 0 Å². The second kappa shape index (κ2) is 6.32. The van der Waals surface area contributed by atoms with Gasteiger partial charge >= 0.3 is 5.97 Å². The van der Waals surface area contributed by atoms with Gasteiger partial charge in [-0.25, -0.2) is 13.2 Å². The average molecular weight is 347 g/mol. The Morgan fingerprint density at radius 2 is 1.92 bits per heavy atom. The molecule has 0 unspecified atom stereocenters. The van der Waals surface area contributed by atoms with Gasteiger partial charge in [0.2, 0.25) is 5.76 Å². The first-order valence-corrected chi connectivity index (χ1v) is 8.79. The van der Waals surface area contributed by atoms with Crippen LogP contribution in [0.3, 0.4) is 0 Å². The van der Waals surface area contributed by atoms with E-state index in [4.69, 9.17) is 13.7 Å². The highest BCUT2D eigenvalue weighted by atomic mass is 32.2. The molecule has 0 bridgehead atoms. The summed E-state index contributed by atoms with van der Waals surface area (Å²) in [6.45, 7) is -0.0725. The molecule has 1 aromatic carbocycles. The lowest BCUT2D eigenvalue weighted by Crippen LogP contribution is -2.06. The van der Waals surface area contributed by atoms with E-state index < -0.39 is 15.8 Å². The lowest BCUT2D eigenvalue weighted by Gasteiger charge is -2.03. The molecule has 0 radical (unpaired) electrons. The van der Waals surface area contributed by atoms with Gasteiger partial charge in [0.05, 0.1) is 16.7 Å². The Bertz CT molecular complexity index is 939. The Hall–Kier alpha value is -2.87. The average Bonchev–Trinajstić information content (AvgIpc) is 3.23. The summed E-state index contributed by atoms with van der Waals surface area (Å²) < 4.78 is 38.2. The van der Waals surface area contributed by atoms with Gasteiger partial charge in [0.1, 0.15) is 12.3 Å². The molecule has 2 heterocycles. The number of ether oxygens (including phenoxy) is 1. The van der Waals surface area contributed by atoms with E-state index in [9.17, 15) is 13.2 Å². The third-order valence-electron chi connectivity index (χ3n) is 3.19. The summed E-state index contributed by atoms with van der Waals surface area (Å²) in [5, 5.41) is 3.79. The number of sulfone groups is 1. The maximum atomic E-state index is 12.0. The molecular weight excluding hydrogens is 334 g/mol. The van der Waals surface area contributed by atoms with Crippen molar-refractivity contribution in [3.63, 3.8) is 0 Å². The van der Waals surface area contributed by atoms with Crippen LogP contribution in [0.4, 0.5) is 0 Å². The largest absolute Gasteiger partial charge is 0.461 e. The van der Waals surface area contributed by atoms with Gasteiger partial charge in [0, 0.05) is 12.3 Å². The molecule has 0 amide bonds. The predicted octanol–water partition coefficient (Wildman–Crippen LogP) is 2.70. The minimum absolute atomic E-state index is 0.0725. The Morgan fingerprint density at radius 3 is 2.54 bits per heavy atom. The van der Waals surface area contributed by atoms with Crippen molar-refractivity contribution in [2.45, 2.75) is 11.5 Å². The van der Waals surface area contributed by atoms with Crippen LogP contribution in [0.15, 0.2) is 62.6 Å².